The Labute approximate surface area is 192 Å². The second-order valence-corrected chi connectivity index (χ2v) is 9.10. The van der Waals surface area contributed by atoms with E-state index in [1.54, 1.807) is 18.5 Å². The fourth-order valence-electron chi connectivity index (χ4n) is 3.93. The number of ketones is 1. The number of allylic oxidation sites excluding steroid dienone is 3. The number of thiophene rings is 1. The number of hydrogen-bond donors (Lipinski definition) is 0. The van der Waals surface area contributed by atoms with E-state index in [9.17, 15) is 9.59 Å². The third-order valence-corrected chi connectivity index (χ3v) is 6.90. The minimum absolute atomic E-state index is 0.0838. The first-order valence-electron chi connectivity index (χ1n) is 9.60. The second-order valence-electron chi connectivity index (χ2n) is 7.32. The van der Waals surface area contributed by atoms with Crippen LogP contribution in [0.3, 0.4) is 0 Å². The molecule has 1 aliphatic heterocycles. The Bertz CT molecular complexity index is 1280. The summed E-state index contributed by atoms with van der Waals surface area (Å²) in [6.45, 7) is 5.31. The third-order valence-electron chi connectivity index (χ3n) is 5.54. The molecule has 0 bridgehead atoms. The Hall–Kier alpha value is -2.84. The number of pyridine rings is 2. The number of esters is 1. The molecule has 0 N–H and O–H groups in total. The number of Topliss-reactive ketones (excluding diaryl/α,β-unsaturated/α-hetero) is 1. The van der Waals surface area contributed by atoms with Crippen LogP contribution >= 0.6 is 27.3 Å². The molecule has 0 saturated carbocycles. The van der Waals surface area contributed by atoms with Gasteiger partial charge in [0, 0.05) is 52.2 Å². The SMILES string of the molecule is CC(=O)C1=C(C)N(C)C(C)=C(C(=O)Oc2cncc(Br)c2)C1c1csc2ncccc12. The van der Waals surface area contributed by atoms with Crippen molar-refractivity contribution in [2.45, 2.75) is 26.7 Å². The molecule has 0 fully saturated rings. The lowest BCUT2D eigenvalue weighted by molar-refractivity contribution is -0.130. The molecule has 3 aromatic heterocycles. The van der Waals surface area contributed by atoms with Crippen LogP contribution in [0.5, 0.6) is 5.75 Å². The fourth-order valence-corrected chi connectivity index (χ4v) is 5.21. The highest BCUT2D eigenvalue weighted by Gasteiger charge is 2.39. The van der Waals surface area contributed by atoms with Crippen LogP contribution in [-0.2, 0) is 9.59 Å². The summed E-state index contributed by atoms with van der Waals surface area (Å²) in [4.78, 5) is 37.5. The van der Waals surface area contributed by atoms with Crippen molar-refractivity contribution in [2.24, 2.45) is 0 Å². The van der Waals surface area contributed by atoms with Gasteiger partial charge >= 0.3 is 5.97 Å². The van der Waals surface area contributed by atoms with Gasteiger partial charge < -0.3 is 9.64 Å². The van der Waals surface area contributed by atoms with Gasteiger partial charge in [-0.3, -0.25) is 9.78 Å². The summed E-state index contributed by atoms with van der Waals surface area (Å²) in [7, 11) is 1.85. The van der Waals surface area contributed by atoms with Crippen LogP contribution in [0.2, 0.25) is 0 Å². The largest absolute Gasteiger partial charge is 0.421 e. The van der Waals surface area contributed by atoms with Gasteiger partial charge in [-0.2, -0.15) is 0 Å². The molecule has 0 radical (unpaired) electrons. The Morgan fingerprint density at radius 3 is 2.65 bits per heavy atom. The van der Waals surface area contributed by atoms with E-state index in [0.717, 1.165) is 27.2 Å². The van der Waals surface area contributed by atoms with Gasteiger partial charge in [0.15, 0.2) is 11.5 Å². The molecule has 31 heavy (non-hydrogen) atoms. The number of rotatable bonds is 4. The molecule has 1 unspecified atom stereocenters. The average molecular weight is 498 g/mol. The number of ether oxygens (including phenoxy) is 1. The molecule has 4 rings (SSSR count). The summed E-state index contributed by atoms with van der Waals surface area (Å²) >= 11 is 4.84. The topological polar surface area (TPSA) is 72.4 Å². The van der Waals surface area contributed by atoms with Crippen LogP contribution in [0, 0.1) is 0 Å². The standard InChI is InChI=1S/C23H20BrN3O3S/c1-12-19(14(3)28)21(18-11-31-22-17(18)6-5-7-26-22)20(13(2)27(12)4)23(29)30-16-8-15(24)9-25-10-16/h5-11,21H,1-4H3. The van der Waals surface area contributed by atoms with Crippen molar-refractivity contribution in [2.75, 3.05) is 7.05 Å². The Balaban J connectivity index is 1.89. The number of aromatic nitrogens is 2. The molecule has 0 aromatic carbocycles. The van der Waals surface area contributed by atoms with Gasteiger partial charge in [0.05, 0.1) is 11.8 Å². The maximum absolute atomic E-state index is 13.5. The molecular weight excluding hydrogens is 478 g/mol. The number of hydrogen-bond acceptors (Lipinski definition) is 7. The van der Waals surface area contributed by atoms with Gasteiger partial charge in [-0.25, -0.2) is 9.78 Å². The van der Waals surface area contributed by atoms with Crippen LogP contribution in [0.4, 0.5) is 0 Å². The van der Waals surface area contributed by atoms with Gasteiger partial charge in [0.25, 0.3) is 0 Å². The monoisotopic (exact) mass is 497 g/mol. The predicted molar refractivity (Wildman–Crippen MR) is 124 cm³/mol. The zero-order valence-electron chi connectivity index (χ0n) is 17.5. The van der Waals surface area contributed by atoms with Gasteiger partial charge in [-0.15, -0.1) is 11.3 Å². The molecule has 6 nitrogen and oxygen atoms in total. The van der Waals surface area contributed by atoms with Crippen LogP contribution < -0.4 is 4.74 Å². The summed E-state index contributed by atoms with van der Waals surface area (Å²) in [5, 5.41) is 2.90. The van der Waals surface area contributed by atoms with Crippen molar-refractivity contribution >= 4 is 49.2 Å². The molecule has 1 atom stereocenters. The van der Waals surface area contributed by atoms with Crippen molar-refractivity contribution in [1.82, 2.24) is 14.9 Å². The highest BCUT2D eigenvalue weighted by atomic mass is 79.9. The van der Waals surface area contributed by atoms with Crippen molar-refractivity contribution < 1.29 is 14.3 Å². The van der Waals surface area contributed by atoms with E-state index < -0.39 is 11.9 Å². The van der Waals surface area contributed by atoms with Gasteiger partial charge in [-0.05, 0) is 59.8 Å². The van der Waals surface area contributed by atoms with Crippen LogP contribution in [0.1, 0.15) is 32.3 Å². The quantitative estimate of drug-likeness (QED) is 0.459. The Kier molecular flexibility index (Phi) is 5.77. The van der Waals surface area contributed by atoms with E-state index in [1.165, 1.54) is 24.5 Å². The minimum atomic E-state index is -0.542. The third kappa shape index (κ3) is 3.81. The summed E-state index contributed by atoms with van der Waals surface area (Å²) in [6.07, 6.45) is 4.83. The zero-order valence-corrected chi connectivity index (χ0v) is 19.9. The predicted octanol–water partition coefficient (Wildman–Crippen LogP) is 5.23. The summed E-state index contributed by atoms with van der Waals surface area (Å²) in [5.74, 6) is -0.809. The Morgan fingerprint density at radius 2 is 1.94 bits per heavy atom. The molecule has 0 amide bonds. The minimum Gasteiger partial charge on any atom is -0.421 e. The molecule has 0 saturated heterocycles. The number of carbonyl (C=O) groups excluding carboxylic acids is 2. The van der Waals surface area contributed by atoms with E-state index in [0.29, 0.717) is 21.4 Å². The average Bonchev–Trinajstić information content (AvgIpc) is 3.15. The first-order valence-corrected chi connectivity index (χ1v) is 11.3. The number of halogens is 1. The molecule has 1 aliphatic rings. The van der Waals surface area contributed by atoms with Crippen LogP contribution in [-0.4, -0.2) is 33.7 Å². The van der Waals surface area contributed by atoms with Crippen molar-refractivity contribution in [3.05, 3.63) is 74.7 Å². The molecule has 4 heterocycles. The van der Waals surface area contributed by atoms with E-state index in [1.807, 2.05) is 43.3 Å². The number of carbonyl (C=O) groups is 2. The zero-order chi connectivity index (χ0) is 22.3. The van der Waals surface area contributed by atoms with Gasteiger partial charge in [0.2, 0.25) is 0 Å². The maximum Gasteiger partial charge on any atom is 0.342 e. The van der Waals surface area contributed by atoms with E-state index in [4.69, 9.17) is 4.74 Å². The number of nitrogens with zero attached hydrogens (tertiary/aromatic N) is 3. The first-order chi connectivity index (χ1) is 14.8. The Morgan fingerprint density at radius 1 is 1.19 bits per heavy atom. The van der Waals surface area contributed by atoms with Crippen LogP contribution in [0.15, 0.2) is 69.2 Å². The lowest BCUT2D eigenvalue weighted by Crippen LogP contribution is -2.33. The first kappa shape index (κ1) is 21.4. The second kappa shape index (κ2) is 8.36. The normalized spacial score (nSPS) is 16.8. The summed E-state index contributed by atoms with van der Waals surface area (Å²) < 4.78 is 6.40. The van der Waals surface area contributed by atoms with Gasteiger partial charge in [0.1, 0.15) is 4.83 Å². The summed E-state index contributed by atoms with van der Waals surface area (Å²) in [6, 6.07) is 5.51. The van der Waals surface area contributed by atoms with E-state index in [-0.39, 0.29) is 5.78 Å². The lowest BCUT2D eigenvalue weighted by atomic mass is 9.78. The summed E-state index contributed by atoms with van der Waals surface area (Å²) in [5.41, 5.74) is 3.45. The van der Waals surface area contributed by atoms with Crippen molar-refractivity contribution in [3.63, 3.8) is 0 Å². The molecule has 0 spiro atoms. The fraction of sp³-hybridized carbons (Fsp3) is 0.217. The molecule has 8 heteroatoms. The van der Waals surface area contributed by atoms with Gasteiger partial charge in [-0.1, -0.05) is 6.07 Å². The molecule has 3 aromatic rings. The molecule has 0 aliphatic carbocycles. The van der Waals surface area contributed by atoms with E-state index in [2.05, 4.69) is 25.9 Å². The smallest absolute Gasteiger partial charge is 0.342 e. The van der Waals surface area contributed by atoms with E-state index >= 15 is 0 Å². The number of fused-ring (bicyclic) bond motifs is 1. The van der Waals surface area contributed by atoms with Crippen LogP contribution in [0.25, 0.3) is 10.2 Å². The van der Waals surface area contributed by atoms with Crippen molar-refractivity contribution in [3.8, 4) is 5.75 Å². The molecule has 158 valence electrons. The molecular formula is C23H20BrN3O3S. The lowest BCUT2D eigenvalue weighted by Gasteiger charge is -2.35. The highest BCUT2D eigenvalue weighted by Crippen LogP contribution is 2.45. The van der Waals surface area contributed by atoms with Crippen molar-refractivity contribution in [1.29, 1.82) is 0 Å². The highest BCUT2D eigenvalue weighted by molar-refractivity contribution is 9.10. The maximum atomic E-state index is 13.5.